The van der Waals surface area contributed by atoms with Crippen molar-refractivity contribution in [2.24, 2.45) is 22.7 Å². The van der Waals surface area contributed by atoms with Gasteiger partial charge in [0.2, 0.25) is 6.29 Å². The fourth-order valence-corrected chi connectivity index (χ4v) is 7.01. The van der Waals surface area contributed by atoms with Crippen LogP contribution in [0.1, 0.15) is 66.2 Å². The normalized spacial score (nSPS) is 51.6. The number of aliphatic hydroxyl groups excluding tert-OH is 1. The first kappa shape index (κ1) is 19.3. The average molecular weight is 380 g/mol. The van der Waals surface area contributed by atoms with Gasteiger partial charge in [0.1, 0.15) is 6.10 Å². The molecule has 0 radical (unpaired) electrons. The lowest BCUT2D eigenvalue weighted by atomic mass is 9.43. The summed E-state index contributed by atoms with van der Waals surface area (Å²) in [6.45, 7) is 8.29. The summed E-state index contributed by atoms with van der Waals surface area (Å²) in [5, 5.41) is 10.9. The summed E-state index contributed by atoms with van der Waals surface area (Å²) in [6.07, 6.45) is 2.73. The Morgan fingerprint density at radius 1 is 1.11 bits per heavy atom. The minimum atomic E-state index is -1.06. The molecule has 4 aliphatic rings. The van der Waals surface area contributed by atoms with E-state index in [0.29, 0.717) is 19.3 Å². The molecule has 0 aromatic heterocycles. The summed E-state index contributed by atoms with van der Waals surface area (Å²) < 4.78 is 17.3. The van der Waals surface area contributed by atoms with E-state index in [4.69, 9.17) is 14.2 Å². The van der Waals surface area contributed by atoms with Gasteiger partial charge in [-0.2, -0.15) is 0 Å². The summed E-state index contributed by atoms with van der Waals surface area (Å²) in [5.41, 5.74) is -2.36. The van der Waals surface area contributed by atoms with Crippen molar-refractivity contribution in [2.45, 2.75) is 89.8 Å². The number of aliphatic hydroxyl groups is 1. The highest BCUT2D eigenvalue weighted by Crippen LogP contribution is 2.67. The molecule has 0 bridgehead atoms. The highest BCUT2D eigenvalue weighted by atomic mass is 16.7. The monoisotopic (exact) mass is 380 g/mol. The second-order valence-electron chi connectivity index (χ2n) is 10.1. The van der Waals surface area contributed by atoms with Crippen molar-refractivity contribution < 1.29 is 28.9 Å². The van der Waals surface area contributed by atoms with E-state index in [1.807, 2.05) is 6.92 Å². The number of Topliss-reactive ketones (excluding diaryl/α,β-unsaturated/α-hetero) is 1. The summed E-state index contributed by atoms with van der Waals surface area (Å²) >= 11 is 0. The zero-order valence-electron chi connectivity index (χ0n) is 17.0. The van der Waals surface area contributed by atoms with E-state index in [1.54, 1.807) is 0 Å². The van der Waals surface area contributed by atoms with Gasteiger partial charge in [-0.25, -0.2) is 4.79 Å². The Hall–Kier alpha value is -0.980. The third-order valence-corrected chi connectivity index (χ3v) is 8.34. The van der Waals surface area contributed by atoms with Crippen LogP contribution in [0.5, 0.6) is 0 Å². The Kier molecular flexibility index (Phi) is 4.13. The smallest absolute Gasteiger partial charge is 0.340 e. The number of hydrogen-bond acceptors (Lipinski definition) is 6. The number of carbonyl (C=O) groups is 2. The molecule has 2 aliphatic heterocycles. The molecule has 2 spiro atoms. The van der Waals surface area contributed by atoms with Crippen molar-refractivity contribution in [3.05, 3.63) is 0 Å². The molecular formula is C21H32O6. The molecule has 2 heterocycles. The van der Waals surface area contributed by atoms with Crippen LogP contribution in [0.15, 0.2) is 0 Å². The lowest BCUT2D eigenvalue weighted by molar-refractivity contribution is -0.253. The third kappa shape index (κ3) is 2.29. The van der Waals surface area contributed by atoms with Crippen LogP contribution in [0, 0.1) is 22.7 Å². The maximum absolute atomic E-state index is 13.2. The van der Waals surface area contributed by atoms with Gasteiger partial charge >= 0.3 is 5.97 Å². The molecule has 152 valence electrons. The van der Waals surface area contributed by atoms with Gasteiger partial charge in [0.25, 0.3) is 0 Å². The molecular weight excluding hydrogens is 348 g/mol. The molecule has 1 N–H and O–H groups in total. The average Bonchev–Trinajstić information content (AvgIpc) is 3.14. The summed E-state index contributed by atoms with van der Waals surface area (Å²) in [5.74, 6) is -1.08. The first-order chi connectivity index (χ1) is 12.5. The van der Waals surface area contributed by atoms with E-state index in [1.165, 1.54) is 7.11 Å². The number of esters is 1. The Bertz CT molecular complexity index is 674. The number of fused-ring (bicyclic) bond motifs is 2. The highest BCUT2D eigenvalue weighted by Gasteiger charge is 2.73. The molecule has 4 fully saturated rings. The molecule has 0 aromatic carbocycles. The number of ketones is 1. The first-order valence-electron chi connectivity index (χ1n) is 10.2. The molecule has 27 heavy (non-hydrogen) atoms. The topological polar surface area (TPSA) is 82.1 Å². The Balaban J connectivity index is 1.79. The third-order valence-electron chi connectivity index (χ3n) is 8.34. The summed E-state index contributed by atoms with van der Waals surface area (Å²) in [4.78, 5) is 25.9. The van der Waals surface area contributed by atoms with Crippen molar-refractivity contribution >= 4 is 11.8 Å². The molecule has 2 saturated heterocycles. The van der Waals surface area contributed by atoms with Gasteiger partial charge in [-0.3, -0.25) is 4.79 Å². The number of rotatable bonds is 1. The van der Waals surface area contributed by atoms with Crippen LogP contribution < -0.4 is 0 Å². The van der Waals surface area contributed by atoms with Crippen LogP contribution in [0.2, 0.25) is 0 Å². The standard InChI is InChI=1S/C21H32O6/c1-12-14(22)15(23)16-18(2,3)7-6-8-19(16,4)21(12)10-9-20(27-21)11-13(25-5)26-17(20)24/h12-14,16,22H,6-11H2,1-5H3/t12-,13+,14-,16+,19+,20+,21-/m1/s1. The molecule has 0 amide bonds. The second kappa shape index (κ2) is 5.77. The molecule has 6 nitrogen and oxygen atoms in total. The minimum absolute atomic E-state index is 0.0614. The molecule has 4 rings (SSSR count). The lowest BCUT2D eigenvalue weighted by Gasteiger charge is -2.63. The Morgan fingerprint density at radius 3 is 2.44 bits per heavy atom. The molecule has 2 aliphatic carbocycles. The van der Waals surface area contributed by atoms with Crippen molar-refractivity contribution in [3.8, 4) is 0 Å². The van der Waals surface area contributed by atoms with E-state index >= 15 is 0 Å². The van der Waals surface area contributed by atoms with Gasteiger partial charge in [0.05, 0.1) is 12.0 Å². The van der Waals surface area contributed by atoms with Crippen molar-refractivity contribution in [1.29, 1.82) is 0 Å². The number of carbonyl (C=O) groups excluding carboxylic acids is 2. The van der Waals surface area contributed by atoms with Gasteiger partial charge in [-0.1, -0.05) is 34.1 Å². The number of ether oxygens (including phenoxy) is 3. The maximum Gasteiger partial charge on any atom is 0.340 e. The highest BCUT2D eigenvalue weighted by molar-refractivity contribution is 5.89. The SMILES string of the molecule is CO[C@@H]1C[C@@]2(CC[C@@]3(O2)[C@H](C)[C@@H](O)C(=O)[C@H]2C(C)(C)CCC[C@@]23C)C(=O)O1. The van der Waals surface area contributed by atoms with E-state index in [9.17, 15) is 14.7 Å². The van der Waals surface area contributed by atoms with Crippen LogP contribution in [0.3, 0.4) is 0 Å². The van der Waals surface area contributed by atoms with Crippen LogP contribution in [0.4, 0.5) is 0 Å². The molecule has 6 heteroatoms. The minimum Gasteiger partial charge on any atom is -0.433 e. The number of hydrogen-bond donors (Lipinski definition) is 1. The van der Waals surface area contributed by atoms with Crippen LogP contribution in [-0.4, -0.2) is 47.6 Å². The van der Waals surface area contributed by atoms with Gasteiger partial charge in [0.15, 0.2) is 11.4 Å². The molecule has 2 saturated carbocycles. The van der Waals surface area contributed by atoms with E-state index in [2.05, 4.69) is 20.8 Å². The Morgan fingerprint density at radius 2 is 1.81 bits per heavy atom. The Labute approximate surface area is 160 Å². The van der Waals surface area contributed by atoms with Crippen LogP contribution in [0.25, 0.3) is 0 Å². The van der Waals surface area contributed by atoms with Crippen molar-refractivity contribution in [1.82, 2.24) is 0 Å². The first-order valence-corrected chi connectivity index (χ1v) is 10.2. The fraction of sp³-hybridized carbons (Fsp3) is 0.905. The van der Waals surface area contributed by atoms with Crippen molar-refractivity contribution in [2.75, 3.05) is 7.11 Å². The van der Waals surface area contributed by atoms with Gasteiger partial charge in [0, 0.05) is 24.4 Å². The lowest BCUT2D eigenvalue weighted by Crippen LogP contribution is -2.70. The van der Waals surface area contributed by atoms with Crippen LogP contribution >= 0.6 is 0 Å². The summed E-state index contributed by atoms with van der Waals surface area (Å²) in [6, 6.07) is 0. The maximum atomic E-state index is 13.2. The number of methoxy groups -OCH3 is 1. The van der Waals surface area contributed by atoms with Gasteiger partial charge < -0.3 is 19.3 Å². The zero-order chi connectivity index (χ0) is 19.8. The quantitative estimate of drug-likeness (QED) is 0.704. The number of cyclic esters (lactones) is 1. The largest absolute Gasteiger partial charge is 0.433 e. The van der Waals surface area contributed by atoms with Gasteiger partial charge in [-0.15, -0.1) is 0 Å². The fourth-order valence-electron chi connectivity index (χ4n) is 7.01. The predicted octanol–water partition coefficient (Wildman–Crippen LogP) is 2.61. The molecule has 0 unspecified atom stereocenters. The van der Waals surface area contributed by atoms with Gasteiger partial charge in [-0.05, 0) is 31.1 Å². The van der Waals surface area contributed by atoms with E-state index < -0.39 is 29.0 Å². The predicted molar refractivity (Wildman–Crippen MR) is 96.7 cm³/mol. The second-order valence-corrected chi connectivity index (χ2v) is 10.1. The van der Waals surface area contributed by atoms with Crippen LogP contribution in [-0.2, 0) is 23.8 Å². The van der Waals surface area contributed by atoms with E-state index in [0.717, 1.165) is 19.3 Å². The molecule has 7 atom stereocenters. The van der Waals surface area contributed by atoms with E-state index in [-0.39, 0.29) is 29.0 Å². The molecule has 0 aromatic rings. The van der Waals surface area contributed by atoms with Crippen molar-refractivity contribution in [3.63, 3.8) is 0 Å². The summed E-state index contributed by atoms with van der Waals surface area (Å²) in [7, 11) is 1.52. The zero-order valence-corrected chi connectivity index (χ0v) is 17.0.